The summed E-state index contributed by atoms with van der Waals surface area (Å²) in [5, 5.41) is 12.4. The van der Waals surface area contributed by atoms with Crippen LogP contribution in [0, 0.1) is 0 Å². The van der Waals surface area contributed by atoms with Crippen LogP contribution in [0.2, 0.25) is 0 Å². The van der Waals surface area contributed by atoms with E-state index < -0.39 is 0 Å². The van der Waals surface area contributed by atoms with Gasteiger partial charge in [0.2, 0.25) is 0 Å². The maximum Gasteiger partial charge on any atom is 0.188 e. The minimum absolute atomic E-state index is 0.0162. The topological polar surface area (TPSA) is 84.4 Å². The lowest BCUT2D eigenvalue weighted by Gasteiger charge is -2.04. The van der Waals surface area contributed by atoms with Gasteiger partial charge in [0.05, 0.1) is 4.47 Å². The van der Waals surface area contributed by atoms with E-state index >= 15 is 0 Å². The van der Waals surface area contributed by atoms with E-state index in [1.807, 2.05) is 18.2 Å². The molecule has 0 bridgehead atoms. The van der Waals surface area contributed by atoms with E-state index in [1.54, 1.807) is 18.5 Å². The Hall–Kier alpha value is -1.60. The maximum absolute atomic E-state index is 8.61. The maximum atomic E-state index is 8.61. The van der Waals surface area contributed by atoms with Crippen LogP contribution in [0.1, 0.15) is 5.69 Å². The number of pyridine rings is 2. The predicted molar refractivity (Wildman–Crippen MR) is 72.8 cm³/mol. The quantitative estimate of drug-likeness (QED) is 0.392. The molecular formula is C11H9BrN4OS. The Balaban J connectivity index is 2.28. The Morgan fingerprint density at radius 1 is 1.33 bits per heavy atom. The van der Waals surface area contributed by atoms with Gasteiger partial charge in [-0.3, -0.25) is 4.98 Å². The third kappa shape index (κ3) is 2.99. The van der Waals surface area contributed by atoms with Crippen molar-refractivity contribution in [2.75, 3.05) is 0 Å². The van der Waals surface area contributed by atoms with E-state index in [2.05, 4.69) is 31.1 Å². The van der Waals surface area contributed by atoms with E-state index in [9.17, 15) is 0 Å². The van der Waals surface area contributed by atoms with E-state index in [4.69, 9.17) is 10.9 Å². The van der Waals surface area contributed by atoms with Crippen molar-refractivity contribution < 1.29 is 5.21 Å². The van der Waals surface area contributed by atoms with Crippen molar-refractivity contribution in [1.82, 2.24) is 9.97 Å². The highest BCUT2D eigenvalue weighted by Gasteiger charge is 2.06. The molecule has 0 aliphatic carbocycles. The molecular weight excluding hydrogens is 316 g/mol. The smallest absolute Gasteiger partial charge is 0.188 e. The van der Waals surface area contributed by atoms with E-state index in [1.165, 1.54) is 11.8 Å². The minimum Gasteiger partial charge on any atom is -0.409 e. The van der Waals surface area contributed by atoms with Crippen molar-refractivity contribution in [3.05, 3.63) is 46.8 Å². The fourth-order valence-corrected chi connectivity index (χ4v) is 2.52. The summed E-state index contributed by atoms with van der Waals surface area (Å²) in [4.78, 5) is 9.17. The SMILES string of the molecule is NC(=NO)c1cc(Sc2ncccc2Br)ccn1. The lowest BCUT2D eigenvalue weighted by molar-refractivity contribution is 0.318. The number of hydrogen-bond acceptors (Lipinski definition) is 5. The summed E-state index contributed by atoms with van der Waals surface area (Å²) in [5.41, 5.74) is 5.92. The van der Waals surface area contributed by atoms with E-state index in [-0.39, 0.29) is 5.84 Å². The summed E-state index contributed by atoms with van der Waals surface area (Å²) in [6, 6.07) is 7.34. The molecule has 2 aromatic heterocycles. The van der Waals surface area contributed by atoms with Crippen LogP contribution in [-0.4, -0.2) is 21.0 Å². The van der Waals surface area contributed by atoms with Gasteiger partial charge in [-0.1, -0.05) is 16.9 Å². The summed E-state index contributed by atoms with van der Waals surface area (Å²) in [6.07, 6.45) is 3.32. The van der Waals surface area contributed by atoms with Crippen LogP contribution in [0.4, 0.5) is 0 Å². The largest absolute Gasteiger partial charge is 0.409 e. The van der Waals surface area contributed by atoms with Crippen LogP contribution in [0.3, 0.4) is 0 Å². The molecule has 5 nitrogen and oxygen atoms in total. The molecule has 3 N–H and O–H groups in total. The highest BCUT2D eigenvalue weighted by Crippen LogP contribution is 2.31. The molecule has 0 saturated carbocycles. The number of rotatable bonds is 3. The Labute approximate surface area is 116 Å². The van der Waals surface area contributed by atoms with Gasteiger partial charge in [-0.15, -0.1) is 0 Å². The first kappa shape index (κ1) is 12.8. The monoisotopic (exact) mass is 324 g/mol. The van der Waals surface area contributed by atoms with Gasteiger partial charge in [-0.2, -0.15) is 0 Å². The number of oxime groups is 1. The highest BCUT2D eigenvalue weighted by atomic mass is 79.9. The van der Waals surface area contributed by atoms with Gasteiger partial charge in [0, 0.05) is 17.3 Å². The second-order valence-corrected chi connectivity index (χ2v) is 5.17. The molecule has 2 rings (SSSR count). The Morgan fingerprint density at radius 2 is 2.17 bits per heavy atom. The standard InChI is InChI=1S/C11H9BrN4OS/c12-8-2-1-4-15-11(8)18-7-3-5-14-9(6-7)10(13)16-17/h1-6,17H,(H2,13,16). The van der Waals surface area contributed by atoms with Crippen LogP contribution in [-0.2, 0) is 0 Å². The van der Waals surface area contributed by atoms with Crippen LogP contribution >= 0.6 is 27.7 Å². The van der Waals surface area contributed by atoms with Gasteiger partial charge in [-0.05, 0) is 40.2 Å². The zero-order chi connectivity index (χ0) is 13.0. The van der Waals surface area contributed by atoms with Gasteiger partial charge in [0.1, 0.15) is 10.7 Å². The molecule has 0 radical (unpaired) electrons. The van der Waals surface area contributed by atoms with Crippen molar-refractivity contribution in [2.45, 2.75) is 9.92 Å². The first-order valence-corrected chi connectivity index (χ1v) is 6.54. The van der Waals surface area contributed by atoms with Gasteiger partial charge >= 0.3 is 0 Å². The minimum atomic E-state index is -0.0162. The van der Waals surface area contributed by atoms with Crippen molar-refractivity contribution in [3.8, 4) is 0 Å². The molecule has 92 valence electrons. The summed E-state index contributed by atoms with van der Waals surface area (Å²) in [7, 11) is 0. The van der Waals surface area contributed by atoms with Gasteiger partial charge in [0.15, 0.2) is 5.84 Å². The average molecular weight is 325 g/mol. The van der Waals surface area contributed by atoms with Gasteiger partial charge in [0.25, 0.3) is 0 Å². The first-order chi connectivity index (χ1) is 8.70. The summed E-state index contributed by atoms with van der Waals surface area (Å²) >= 11 is 4.89. The molecule has 0 amide bonds. The van der Waals surface area contributed by atoms with Crippen molar-refractivity contribution in [2.24, 2.45) is 10.9 Å². The molecule has 0 atom stereocenters. The molecule has 0 aliphatic heterocycles. The van der Waals surface area contributed by atoms with Crippen molar-refractivity contribution in [1.29, 1.82) is 0 Å². The van der Waals surface area contributed by atoms with Crippen LogP contribution in [0.5, 0.6) is 0 Å². The normalized spacial score (nSPS) is 11.5. The summed E-state index contributed by atoms with van der Waals surface area (Å²) in [5.74, 6) is -0.0162. The zero-order valence-corrected chi connectivity index (χ0v) is 11.5. The first-order valence-electron chi connectivity index (χ1n) is 4.93. The summed E-state index contributed by atoms with van der Waals surface area (Å²) in [6.45, 7) is 0. The Bertz CT molecular complexity index is 591. The van der Waals surface area contributed by atoms with Gasteiger partial charge in [-0.25, -0.2) is 4.98 Å². The second-order valence-electron chi connectivity index (χ2n) is 3.25. The molecule has 18 heavy (non-hydrogen) atoms. The molecule has 2 heterocycles. The number of amidine groups is 1. The lowest BCUT2D eigenvalue weighted by atomic mass is 10.3. The molecule has 0 aromatic carbocycles. The Morgan fingerprint density at radius 3 is 2.89 bits per heavy atom. The van der Waals surface area contributed by atoms with Crippen molar-refractivity contribution in [3.63, 3.8) is 0 Å². The van der Waals surface area contributed by atoms with Crippen LogP contribution in [0.15, 0.2) is 56.2 Å². The number of nitrogens with two attached hydrogens (primary N) is 1. The lowest BCUT2D eigenvalue weighted by Crippen LogP contribution is -2.14. The third-order valence-corrected chi connectivity index (χ3v) is 3.95. The van der Waals surface area contributed by atoms with Crippen LogP contribution < -0.4 is 5.73 Å². The van der Waals surface area contributed by atoms with E-state index in [0.29, 0.717) is 5.69 Å². The summed E-state index contributed by atoms with van der Waals surface area (Å²) < 4.78 is 0.914. The van der Waals surface area contributed by atoms with E-state index in [0.717, 1.165) is 14.4 Å². The number of nitrogens with zero attached hydrogens (tertiary/aromatic N) is 3. The predicted octanol–water partition coefficient (Wildman–Crippen LogP) is 2.48. The highest BCUT2D eigenvalue weighted by molar-refractivity contribution is 9.10. The zero-order valence-electron chi connectivity index (χ0n) is 9.12. The van der Waals surface area contributed by atoms with Crippen molar-refractivity contribution >= 4 is 33.5 Å². The third-order valence-electron chi connectivity index (χ3n) is 2.04. The molecule has 0 fully saturated rings. The number of aromatic nitrogens is 2. The molecule has 0 unspecified atom stereocenters. The Kier molecular flexibility index (Phi) is 4.16. The van der Waals surface area contributed by atoms with Crippen LogP contribution in [0.25, 0.3) is 0 Å². The number of halogens is 1. The second kappa shape index (κ2) is 5.83. The molecule has 0 spiro atoms. The average Bonchev–Trinajstić information content (AvgIpc) is 2.41. The molecule has 7 heteroatoms. The molecule has 0 aliphatic rings. The number of hydrogen-bond donors (Lipinski definition) is 2. The van der Waals surface area contributed by atoms with Gasteiger partial charge < -0.3 is 10.9 Å². The molecule has 2 aromatic rings. The fraction of sp³-hybridized carbons (Fsp3) is 0. The molecule has 0 saturated heterocycles. The fourth-order valence-electron chi connectivity index (χ4n) is 1.22.